The topological polar surface area (TPSA) is 217 Å². The first-order chi connectivity index (χ1) is 42.1. The molecule has 0 radical (unpaired) electrons. The van der Waals surface area contributed by atoms with Crippen LogP contribution in [0.5, 0.6) is 46.0 Å². The van der Waals surface area contributed by atoms with Crippen LogP contribution in [0.4, 0.5) is 17.6 Å². The van der Waals surface area contributed by atoms with Crippen molar-refractivity contribution in [2.24, 2.45) is 0 Å². The summed E-state index contributed by atoms with van der Waals surface area (Å²) in [5.74, 6) is -13.2. The molecule has 0 saturated carbocycles. The molecule has 22 heteroatoms. The largest absolute Gasteiger partial charge is 0.461 e. The summed E-state index contributed by atoms with van der Waals surface area (Å²) in [4.78, 5) is 115. The van der Waals surface area contributed by atoms with Gasteiger partial charge in [0.1, 0.15) is 108 Å². The van der Waals surface area contributed by atoms with Gasteiger partial charge in [-0.15, -0.1) is 0 Å². The Morgan fingerprint density at radius 1 is 0.386 bits per heavy atom. The Bertz CT molecular complexity index is 4040. The molecule has 0 saturated heterocycles. The number of imide groups is 2. The van der Waals surface area contributed by atoms with E-state index >= 15 is 36.7 Å². The number of rotatable bonds is 20. The van der Waals surface area contributed by atoms with Crippen molar-refractivity contribution in [1.29, 1.82) is 0 Å². The second kappa shape index (κ2) is 23.4. The summed E-state index contributed by atoms with van der Waals surface area (Å²) >= 11 is 0. The molecule has 0 fully saturated rings. The zero-order valence-electron chi connectivity index (χ0n) is 46.9. The van der Waals surface area contributed by atoms with E-state index in [2.05, 4.69) is 13.2 Å². The van der Waals surface area contributed by atoms with Crippen molar-refractivity contribution in [3.8, 4) is 46.0 Å². The lowest BCUT2D eigenvalue weighted by Gasteiger charge is -2.34. The van der Waals surface area contributed by atoms with Gasteiger partial charge in [-0.2, -0.15) is 0 Å². The lowest BCUT2D eigenvalue weighted by molar-refractivity contribution is -0.153. The first-order valence-electron chi connectivity index (χ1n) is 26.9. The third-order valence-corrected chi connectivity index (χ3v) is 14.3. The highest BCUT2D eigenvalue weighted by molar-refractivity contribution is 6.45. The monoisotopic (exact) mass is 1200 g/mol. The van der Waals surface area contributed by atoms with Crippen molar-refractivity contribution in [2.75, 3.05) is 26.4 Å². The van der Waals surface area contributed by atoms with Crippen LogP contribution in [0.25, 0.3) is 43.1 Å². The molecule has 444 valence electrons. The van der Waals surface area contributed by atoms with Crippen molar-refractivity contribution in [3.63, 3.8) is 0 Å². The van der Waals surface area contributed by atoms with E-state index in [1.54, 1.807) is 0 Å². The zero-order valence-corrected chi connectivity index (χ0v) is 46.9. The van der Waals surface area contributed by atoms with E-state index in [0.29, 0.717) is 9.80 Å². The summed E-state index contributed by atoms with van der Waals surface area (Å²) in [6.07, 6.45) is 0. The van der Waals surface area contributed by atoms with Gasteiger partial charge in [0.25, 0.3) is 23.6 Å². The Hall–Kier alpha value is -11.2. The molecule has 2 unspecified atom stereocenters. The molecule has 18 nitrogen and oxygen atoms in total. The summed E-state index contributed by atoms with van der Waals surface area (Å²) in [7, 11) is 0. The van der Waals surface area contributed by atoms with Crippen LogP contribution in [0, 0.1) is 23.3 Å². The number of hydrogen-bond acceptors (Lipinski definition) is 16. The Morgan fingerprint density at radius 3 is 0.875 bits per heavy atom. The average molecular weight is 1200 g/mol. The molecule has 0 N–H and O–H groups in total. The molecule has 2 atom stereocenters. The molecule has 11 rings (SSSR count). The van der Waals surface area contributed by atoms with Crippen molar-refractivity contribution in [3.05, 3.63) is 191 Å². The van der Waals surface area contributed by atoms with Crippen LogP contribution in [0.15, 0.2) is 146 Å². The number of carbonyl (C=O) groups is 8. The minimum Gasteiger partial charge on any atom is -0.461 e. The van der Waals surface area contributed by atoms with E-state index in [4.69, 9.17) is 37.9 Å². The van der Waals surface area contributed by atoms with Crippen molar-refractivity contribution >= 4 is 90.6 Å². The minimum absolute atomic E-state index is 0.0708. The second-order valence-electron chi connectivity index (χ2n) is 20.4. The number of halogens is 4. The van der Waals surface area contributed by atoms with E-state index in [9.17, 15) is 19.2 Å². The maximum Gasteiger partial charge on any atom is 0.333 e. The van der Waals surface area contributed by atoms with Crippen molar-refractivity contribution in [1.82, 2.24) is 9.80 Å². The lowest BCUT2D eigenvalue weighted by Crippen LogP contribution is -2.50. The zero-order chi connectivity index (χ0) is 62.6. The molecule has 4 amide bonds. The number of fused-ring (bicyclic) bond motifs is 2. The van der Waals surface area contributed by atoms with Gasteiger partial charge in [-0.3, -0.25) is 29.0 Å². The first kappa shape index (κ1) is 58.6. The van der Waals surface area contributed by atoms with Gasteiger partial charge in [-0.1, -0.05) is 37.4 Å². The molecule has 88 heavy (non-hydrogen) atoms. The maximum absolute atomic E-state index is 15.4. The van der Waals surface area contributed by atoms with E-state index in [-0.39, 0.29) is 122 Å². The summed E-state index contributed by atoms with van der Waals surface area (Å²) in [6, 6.07) is 20.8. The Kier molecular flexibility index (Phi) is 15.6. The van der Waals surface area contributed by atoms with E-state index in [1.807, 2.05) is 0 Å². The summed E-state index contributed by atoms with van der Waals surface area (Å²) in [5.41, 5.74) is -1.14. The van der Waals surface area contributed by atoms with Crippen molar-refractivity contribution in [2.45, 2.75) is 39.8 Å². The van der Waals surface area contributed by atoms with Crippen LogP contribution in [0.1, 0.15) is 69.1 Å². The molecule has 0 aromatic heterocycles. The number of amides is 4. The number of nitrogens with zero attached hydrogens (tertiary/aromatic N) is 2. The number of hydrogen-bond donors (Lipinski definition) is 0. The molecule has 0 spiro atoms. The molecule has 0 bridgehead atoms. The maximum atomic E-state index is 15.4. The third-order valence-electron chi connectivity index (χ3n) is 14.3. The fourth-order valence-corrected chi connectivity index (χ4v) is 10.5. The lowest BCUT2D eigenvalue weighted by atomic mass is 9.80. The van der Waals surface area contributed by atoms with Crippen LogP contribution in [0.2, 0.25) is 0 Å². The predicted molar refractivity (Wildman–Crippen MR) is 307 cm³/mol. The fraction of sp³-hybridized carbons (Fsp3) is 0.152. The second-order valence-corrected chi connectivity index (χ2v) is 20.4. The molecular formula is C66H46F4N2O16. The molecule has 0 aliphatic carbocycles. The van der Waals surface area contributed by atoms with Gasteiger partial charge in [0.2, 0.25) is 0 Å². The Labute approximate surface area is 495 Å². The molecule has 2 aliphatic heterocycles. The highest BCUT2D eigenvalue weighted by atomic mass is 19.1. The fourth-order valence-electron chi connectivity index (χ4n) is 10.5. The summed E-state index contributed by atoms with van der Waals surface area (Å²) in [6.45, 7) is 10.4. The third kappa shape index (κ3) is 10.7. The summed E-state index contributed by atoms with van der Waals surface area (Å²) < 4.78 is 109. The number of benzene rings is 9. The standard InChI is InChI=1S/C66H46F4N2O16/c1-31(2)63(77)81-19-21-83-65(79)33(5)71-59(73)43-27-47(85-39-15-7-11-35(67)23-39)53-55-49(87-41-17-9-13-37(69)25-41)29-45-52-46(62(76)72(61(45)75)34(6)66(80)84-22-20-82-64(78)32(3)4)30-50(88-42-18-10-14-38(70)26-42)56(58(52)55)54-48(86-40-16-8-12-36(68)24-40)28-44(60(71)74)51(43)57(53)54/h7-18,23-30,33-34H,1,3,19-22H2,2,4-6H3. The van der Waals surface area contributed by atoms with Gasteiger partial charge < -0.3 is 37.9 Å². The normalized spacial score (nSPS) is 13.4. The highest BCUT2D eigenvalue weighted by Gasteiger charge is 2.45. The van der Waals surface area contributed by atoms with Crippen LogP contribution >= 0.6 is 0 Å². The van der Waals surface area contributed by atoms with Gasteiger partial charge in [0.15, 0.2) is 0 Å². The SMILES string of the molecule is C=C(C)C(=O)OCCOC(=O)C(C)N1C(=O)c2cc(Oc3cccc(F)c3)c3c4c(Oc5cccc(F)c5)cc5c6c(cc(Oc7cccc(F)c7)c(c7c(Oc8cccc(F)c8)cc(c2c37)C1=O)c64)C(=O)N(C(C)C(=O)OCCOC(=O)C(=C)C)C5=O. The molecule has 2 aliphatic rings. The number of esters is 4. The minimum atomic E-state index is -1.70. The molecular weight excluding hydrogens is 1150 g/mol. The van der Waals surface area contributed by atoms with Gasteiger partial charge in [-0.25, -0.2) is 36.7 Å². The van der Waals surface area contributed by atoms with Crippen LogP contribution in [-0.2, 0) is 38.1 Å². The predicted octanol–water partition coefficient (Wildman–Crippen LogP) is 12.8. The van der Waals surface area contributed by atoms with Crippen LogP contribution in [-0.4, -0.2) is 95.8 Å². The molecule has 9 aromatic rings. The van der Waals surface area contributed by atoms with Gasteiger partial charge in [0, 0.05) is 78.5 Å². The van der Waals surface area contributed by atoms with E-state index in [1.165, 1.54) is 100 Å². The van der Waals surface area contributed by atoms with E-state index in [0.717, 1.165) is 48.5 Å². The average Bonchev–Trinajstić information content (AvgIpc) is 0.698. The number of carbonyl (C=O) groups excluding carboxylic acids is 8. The quantitative estimate of drug-likeness (QED) is 0.0101. The van der Waals surface area contributed by atoms with Crippen LogP contribution < -0.4 is 18.9 Å². The Morgan fingerprint density at radius 2 is 0.636 bits per heavy atom. The molecule has 9 aromatic carbocycles. The number of ether oxygens (including phenoxy) is 8. The van der Waals surface area contributed by atoms with Gasteiger partial charge >= 0.3 is 23.9 Å². The highest BCUT2D eigenvalue weighted by Crippen LogP contribution is 2.58. The van der Waals surface area contributed by atoms with Crippen LogP contribution in [0.3, 0.4) is 0 Å². The summed E-state index contributed by atoms with van der Waals surface area (Å²) in [5, 5.41) is -0.938. The smallest absolute Gasteiger partial charge is 0.333 e. The molecule has 2 heterocycles. The first-order valence-corrected chi connectivity index (χ1v) is 26.9. The van der Waals surface area contributed by atoms with Gasteiger partial charge in [0.05, 0.1) is 22.3 Å². The van der Waals surface area contributed by atoms with Gasteiger partial charge in [-0.05, 0) is 100 Å². The van der Waals surface area contributed by atoms with Crippen molar-refractivity contribution < 1.29 is 93.8 Å². The Balaban J connectivity index is 1.25. The van der Waals surface area contributed by atoms with E-state index < -0.39 is 109 Å².